The summed E-state index contributed by atoms with van der Waals surface area (Å²) < 4.78 is 0. The fraction of sp³-hybridized carbons (Fsp3) is 0.529. The van der Waals surface area contributed by atoms with Crippen LogP contribution in [0.2, 0.25) is 0 Å². The molecule has 0 bridgehead atoms. The Bertz CT molecular complexity index is 387. The number of carboxylic acid groups (broad SMARTS) is 2. The van der Waals surface area contributed by atoms with E-state index in [-0.39, 0.29) is 6.42 Å². The summed E-state index contributed by atoms with van der Waals surface area (Å²) in [7, 11) is 0. The Morgan fingerprint density at radius 3 is 1.95 bits per heavy atom. The van der Waals surface area contributed by atoms with Crippen LogP contribution in [0.4, 0.5) is 0 Å². The van der Waals surface area contributed by atoms with Crippen LogP contribution in [-0.2, 0) is 16.0 Å². The van der Waals surface area contributed by atoms with Crippen molar-refractivity contribution in [3.8, 4) is 0 Å². The molecule has 2 N–H and O–H groups in total. The van der Waals surface area contributed by atoms with E-state index in [0.29, 0.717) is 6.42 Å². The molecule has 0 heterocycles. The van der Waals surface area contributed by atoms with Crippen LogP contribution in [0, 0.1) is 0 Å². The van der Waals surface area contributed by atoms with Crippen LogP contribution in [0.5, 0.6) is 0 Å². The minimum absolute atomic E-state index is 0.112. The first kappa shape index (κ1) is 19.2. The predicted octanol–water partition coefficient (Wildman–Crippen LogP) is 4.14. The van der Waals surface area contributed by atoms with Crippen molar-refractivity contribution < 1.29 is 19.8 Å². The number of hydrogen-bond donors (Lipinski definition) is 2. The first-order chi connectivity index (χ1) is 10.1. The molecule has 1 rings (SSSR count). The summed E-state index contributed by atoms with van der Waals surface area (Å²) >= 11 is 0. The van der Waals surface area contributed by atoms with Crippen LogP contribution >= 0.6 is 0 Å². The second-order valence-corrected chi connectivity index (χ2v) is 4.97. The number of hydrogen-bond acceptors (Lipinski definition) is 2. The molecule has 0 aromatic heterocycles. The first-order valence-corrected chi connectivity index (χ1v) is 7.53. The first-order valence-electron chi connectivity index (χ1n) is 7.53. The highest BCUT2D eigenvalue weighted by atomic mass is 16.4. The largest absolute Gasteiger partial charge is 0.481 e. The fourth-order valence-electron chi connectivity index (χ4n) is 1.83. The monoisotopic (exact) mass is 294 g/mol. The summed E-state index contributed by atoms with van der Waals surface area (Å²) in [6.07, 6.45) is 7.36. The number of benzene rings is 1. The molecule has 0 atom stereocenters. The molecule has 4 nitrogen and oxygen atoms in total. The Morgan fingerprint density at radius 1 is 0.857 bits per heavy atom. The molecule has 0 radical (unpaired) electrons. The van der Waals surface area contributed by atoms with Crippen LogP contribution in [0.1, 0.15) is 57.4 Å². The molecule has 0 amide bonds. The van der Waals surface area contributed by atoms with Gasteiger partial charge in [0, 0.05) is 6.42 Å². The van der Waals surface area contributed by atoms with Crippen molar-refractivity contribution >= 4 is 11.9 Å². The van der Waals surface area contributed by atoms with Crippen LogP contribution < -0.4 is 0 Å². The summed E-state index contributed by atoms with van der Waals surface area (Å²) in [6.45, 7) is 2.18. The Labute approximate surface area is 126 Å². The highest BCUT2D eigenvalue weighted by Crippen LogP contribution is 2.06. The molecule has 0 unspecified atom stereocenters. The Balaban J connectivity index is 0.000000382. The third kappa shape index (κ3) is 14.4. The topological polar surface area (TPSA) is 74.6 Å². The van der Waals surface area contributed by atoms with Crippen LogP contribution in [-0.4, -0.2) is 22.2 Å². The smallest absolute Gasteiger partial charge is 0.307 e. The lowest BCUT2D eigenvalue weighted by molar-refractivity contribution is -0.137. The molecule has 1 aromatic rings. The van der Waals surface area contributed by atoms with E-state index in [2.05, 4.69) is 6.92 Å². The summed E-state index contributed by atoms with van der Waals surface area (Å²) in [5, 5.41) is 16.7. The van der Waals surface area contributed by atoms with E-state index >= 15 is 0 Å². The van der Waals surface area contributed by atoms with Crippen LogP contribution in [0.3, 0.4) is 0 Å². The van der Waals surface area contributed by atoms with Gasteiger partial charge in [-0.3, -0.25) is 9.59 Å². The van der Waals surface area contributed by atoms with Crippen molar-refractivity contribution in [3.05, 3.63) is 35.9 Å². The molecule has 4 heteroatoms. The van der Waals surface area contributed by atoms with Crippen molar-refractivity contribution in [3.63, 3.8) is 0 Å². The summed E-state index contributed by atoms with van der Waals surface area (Å²) in [4.78, 5) is 20.3. The quantitative estimate of drug-likeness (QED) is 0.671. The Kier molecular flexibility index (Phi) is 12.0. The van der Waals surface area contributed by atoms with E-state index < -0.39 is 11.9 Å². The minimum atomic E-state index is -0.786. The van der Waals surface area contributed by atoms with Crippen LogP contribution in [0.15, 0.2) is 30.3 Å². The molecule has 0 saturated carbocycles. The number of carbonyl (C=O) groups is 2. The van der Waals surface area contributed by atoms with E-state index in [1.807, 2.05) is 18.2 Å². The normalized spacial score (nSPS) is 9.57. The number of unbranched alkanes of at least 4 members (excludes halogenated alkanes) is 5. The maximum Gasteiger partial charge on any atom is 0.307 e. The van der Waals surface area contributed by atoms with E-state index in [9.17, 15) is 9.59 Å². The summed E-state index contributed by atoms with van der Waals surface area (Å²) in [5.74, 6) is -1.45. The highest BCUT2D eigenvalue weighted by Gasteiger charge is 1.96. The molecule has 0 aliphatic carbocycles. The van der Waals surface area contributed by atoms with E-state index in [4.69, 9.17) is 10.2 Å². The maximum atomic E-state index is 10.2. The third-order valence-corrected chi connectivity index (χ3v) is 2.94. The molecule has 21 heavy (non-hydrogen) atoms. The van der Waals surface area contributed by atoms with Gasteiger partial charge in [-0.1, -0.05) is 69.4 Å². The number of aliphatic carboxylic acids is 2. The average Bonchev–Trinajstić information content (AvgIpc) is 2.43. The van der Waals surface area contributed by atoms with Crippen LogP contribution in [0.25, 0.3) is 0 Å². The third-order valence-electron chi connectivity index (χ3n) is 2.94. The van der Waals surface area contributed by atoms with Crippen molar-refractivity contribution in [2.24, 2.45) is 0 Å². The van der Waals surface area contributed by atoms with Crippen molar-refractivity contribution in [1.29, 1.82) is 0 Å². The SMILES string of the molecule is CCCCCCCCC(=O)O.O=C(O)Cc1ccccc1. The molecule has 118 valence electrons. The van der Waals surface area contributed by atoms with Crippen molar-refractivity contribution in [2.45, 2.75) is 58.3 Å². The Morgan fingerprint density at radius 2 is 1.43 bits per heavy atom. The molecular weight excluding hydrogens is 268 g/mol. The predicted molar refractivity (Wildman–Crippen MR) is 83.4 cm³/mol. The molecule has 0 aliphatic heterocycles. The van der Waals surface area contributed by atoms with Gasteiger partial charge in [0.2, 0.25) is 0 Å². The van der Waals surface area contributed by atoms with E-state index in [1.165, 1.54) is 25.7 Å². The number of rotatable bonds is 9. The van der Waals surface area contributed by atoms with Gasteiger partial charge in [0.15, 0.2) is 0 Å². The molecule has 0 aliphatic rings. The van der Waals surface area contributed by atoms with Gasteiger partial charge in [-0.15, -0.1) is 0 Å². The lowest BCUT2D eigenvalue weighted by atomic mass is 10.1. The van der Waals surface area contributed by atoms with Gasteiger partial charge in [0.1, 0.15) is 0 Å². The maximum absolute atomic E-state index is 10.2. The van der Waals surface area contributed by atoms with Crippen molar-refractivity contribution in [2.75, 3.05) is 0 Å². The van der Waals surface area contributed by atoms with Gasteiger partial charge < -0.3 is 10.2 Å². The minimum Gasteiger partial charge on any atom is -0.481 e. The van der Waals surface area contributed by atoms with Gasteiger partial charge in [-0.05, 0) is 12.0 Å². The molecule has 0 spiro atoms. The summed E-state index contributed by atoms with van der Waals surface area (Å²) in [5.41, 5.74) is 0.843. The second-order valence-electron chi connectivity index (χ2n) is 4.97. The zero-order chi connectivity index (χ0) is 15.9. The second kappa shape index (κ2) is 13.2. The van der Waals surface area contributed by atoms with Gasteiger partial charge in [-0.25, -0.2) is 0 Å². The molecule has 1 aromatic carbocycles. The lowest BCUT2D eigenvalue weighted by Gasteiger charge is -1.97. The average molecular weight is 294 g/mol. The Hall–Kier alpha value is -1.84. The van der Waals surface area contributed by atoms with Gasteiger partial charge in [0.05, 0.1) is 6.42 Å². The van der Waals surface area contributed by atoms with E-state index in [1.54, 1.807) is 12.1 Å². The molecule has 0 fully saturated rings. The zero-order valence-electron chi connectivity index (χ0n) is 12.8. The number of carboxylic acids is 2. The van der Waals surface area contributed by atoms with E-state index in [0.717, 1.165) is 18.4 Å². The molecular formula is C17H26O4. The molecule has 0 saturated heterocycles. The zero-order valence-corrected chi connectivity index (χ0v) is 12.8. The van der Waals surface area contributed by atoms with Gasteiger partial charge in [0.25, 0.3) is 0 Å². The standard InChI is InChI=1S/C9H18O2.C8H8O2/c1-2-3-4-5-6-7-8-9(10)11;9-8(10)6-7-4-2-1-3-5-7/h2-8H2,1H3,(H,10,11);1-5H,6H2,(H,9,10). The summed E-state index contributed by atoms with van der Waals surface area (Å²) in [6, 6.07) is 9.13. The van der Waals surface area contributed by atoms with Gasteiger partial charge in [-0.2, -0.15) is 0 Å². The van der Waals surface area contributed by atoms with Gasteiger partial charge >= 0.3 is 11.9 Å². The fourth-order valence-corrected chi connectivity index (χ4v) is 1.83. The lowest BCUT2D eigenvalue weighted by Crippen LogP contribution is -1.98. The highest BCUT2D eigenvalue weighted by molar-refractivity contribution is 5.70. The van der Waals surface area contributed by atoms with Crippen molar-refractivity contribution in [1.82, 2.24) is 0 Å².